The van der Waals surface area contributed by atoms with Crippen molar-refractivity contribution in [1.82, 2.24) is 5.32 Å². The van der Waals surface area contributed by atoms with Gasteiger partial charge < -0.3 is 15.2 Å². The lowest BCUT2D eigenvalue weighted by atomic mass is 9.96. The van der Waals surface area contributed by atoms with Crippen molar-refractivity contribution < 1.29 is 19.4 Å². The van der Waals surface area contributed by atoms with Gasteiger partial charge in [0.05, 0.1) is 0 Å². The molecule has 5 nitrogen and oxygen atoms in total. The fourth-order valence-electron chi connectivity index (χ4n) is 2.01. The molecule has 0 aliphatic carbocycles. The van der Waals surface area contributed by atoms with Crippen LogP contribution in [0.25, 0.3) is 0 Å². The predicted octanol–water partition coefficient (Wildman–Crippen LogP) is 1.17. The van der Waals surface area contributed by atoms with Crippen LogP contribution in [0.1, 0.15) is 39.0 Å². The molecule has 1 fully saturated rings. The molecule has 0 aromatic carbocycles. The largest absolute Gasteiger partial charge is 0.480 e. The Morgan fingerprint density at radius 2 is 2.06 bits per heavy atom. The molecule has 0 aromatic rings. The monoisotopic (exact) mass is 243 g/mol. The Hall–Kier alpha value is -1.10. The van der Waals surface area contributed by atoms with E-state index < -0.39 is 12.0 Å². The molecule has 1 atom stereocenters. The summed E-state index contributed by atoms with van der Waals surface area (Å²) in [6, 6.07) is -0.743. The Kier molecular flexibility index (Phi) is 5.97. The first-order valence-corrected chi connectivity index (χ1v) is 6.23. The van der Waals surface area contributed by atoms with Crippen molar-refractivity contribution in [3.05, 3.63) is 0 Å². The molecule has 0 bridgehead atoms. The number of carbonyl (C=O) groups excluding carboxylic acids is 1. The van der Waals surface area contributed by atoms with Gasteiger partial charge in [0.15, 0.2) is 0 Å². The molecule has 98 valence electrons. The minimum absolute atomic E-state index is 0.155. The van der Waals surface area contributed by atoms with Crippen molar-refractivity contribution in [1.29, 1.82) is 0 Å². The average Bonchev–Trinajstić information content (AvgIpc) is 2.29. The molecule has 0 spiro atoms. The second kappa shape index (κ2) is 7.27. The highest BCUT2D eigenvalue weighted by molar-refractivity contribution is 5.83. The molecule has 1 amide bonds. The standard InChI is InChI=1S/C12H21NO4/c1-2-3-10(12(15)16)13-11(14)8-9-4-6-17-7-5-9/h9-10H,2-8H2,1H3,(H,13,14)(H,15,16). The van der Waals surface area contributed by atoms with Gasteiger partial charge in [-0.25, -0.2) is 4.79 Å². The number of carboxylic acids is 1. The van der Waals surface area contributed by atoms with Gasteiger partial charge in [-0.05, 0) is 25.2 Å². The van der Waals surface area contributed by atoms with Crippen LogP contribution in [0.5, 0.6) is 0 Å². The van der Waals surface area contributed by atoms with Gasteiger partial charge in [-0.15, -0.1) is 0 Å². The van der Waals surface area contributed by atoms with E-state index in [1.807, 2.05) is 6.92 Å². The second-order valence-electron chi connectivity index (χ2n) is 4.51. The first-order chi connectivity index (χ1) is 8.13. The smallest absolute Gasteiger partial charge is 0.326 e. The van der Waals surface area contributed by atoms with E-state index in [-0.39, 0.29) is 5.91 Å². The van der Waals surface area contributed by atoms with Crippen molar-refractivity contribution in [2.45, 2.75) is 45.1 Å². The van der Waals surface area contributed by atoms with E-state index in [1.54, 1.807) is 0 Å². The molecular formula is C12H21NO4. The maximum Gasteiger partial charge on any atom is 0.326 e. The van der Waals surface area contributed by atoms with Gasteiger partial charge in [-0.1, -0.05) is 13.3 Å². The first kappa shape index (κ1) is 14.0. The topological polar surface area (TPSA) is 75.6 Å². The Morgan fingerprint density at radius 3 is 2.59 bits per heavy atom. The fourth-order valence-corrected chi connectivity index (χ4v) is 2.01. The van der Waals surface area contributed by atoms with Crippen molar-refractivity contribution >= 4 is 11.9 Å². The second-order valence-corrected chi connectivity index (χ2v) is 4.51. The number of hydrogen-bond donors (Lipinski definition) is 2. The highest BCUT2D eigenvalue weighted by atomic mass is 16.5. The number of aliphatic carboxylic acids is 1. The first-order valence-electron chi connectivity index (χ1n) is 6.23. The number of rotatable bonds is 6. The lowest BCUT2D eigenvalue weighted by Crippen LogP contribution is -2.41. The number of amides is 1. The highest BCUT2D eigenvalue weighted by Gasteiger charge is 2.22. The van der Waals surface area contributed by atoms with Gasteiger partial charge in [0, 0.05) is 19.6 Å². The summed E-state index contributed by atoms with van der Waals surface area (Å²) in [6.07, 6.45) is 3.41. The van der Waals surface area contributed by atoms with Crippen molar-refractivity contribution in [3.8, 4) is 0 Å². The maximum absolute atomic E-state index is 11.7. The summed E-state index contributed by atoms with van der Waals surface area (Å²) in [6.45, 7) is 3.31. The summed E-state index contributed by atoms with van der Waals surface area (Å²) >= 11 is 0. The molecule has 0 aromatic heterocycles. The van der Waals surface area contributed by atoms with Crippen molar-refractivity contribution in [2.75, 3.05) is 13.2 Å². The number of nitrogens with one attached hydrogen (secondary N) is 1. The van der Waals surface area contributed by atoms with Crippen LogP contribution >= 0.6 is 0 Å². The van der Waals surface area contributed by atoms with Crippen LogP contribution in [0.4, 0.5) is 0 Å². The number of carbonyl (C=O) groups is 2. The Balaban J connectivity index is 2.33. The van der Waals surface area contributed by atoms with Crippen LogP contribution in [-0.4, -0.2) is 36.2 Å². The number of hydrogen-bond acceptors (Lipinski definition) is 3. The van der Waals surface area contributed by atoms with E-state index in [2.05, 4.69) is 5.32 Å². The molecule has 1 heterocycles. The van der Waals surface area contributed by atoms with Crippen LogP contribution in [0.3, 0.4) is 0 Å². The third-order valence-electron chi connectivity index (χ3n) is 3.03. The highest BCUT2D eigenvalue weighted by Crippen LogP contribution is 2.18. The van der Waals surface area contributed by atoms with E-state index >= 15 is 0 Å². The van der Waals surface area contributed by atoms with Gasteiger partial charge in [-0.3, -0.25) is 4.79 Å². The third-order valence-corrected chi connectivity index (χ3v) is 3.03. The molecule has 0 saturated carbocycles. The molecular weight excluding hydrogens is 222 g/mol. The van der Waals surface area contributed by atoms with Crippen LogP contribution in [0.2, 0.25) is 0 Å². The van der Waals surface area contributed by atoms with E-state index in [4.69, 9.17) is 9.84 Å². The Labute approximate surface area is 102 Å². The maximum atomic E-state index is 11.7. The van der Waals surface area contributed by atoms with Crippen molar-refractivity contribution in [2.24, 2.45) is 5.92 Å². The quantitative estimate of drug-likeness (QED) is 0.734. The SMILES string of the molecule is CCCC(NC(=O)CC1CCOCC1)C(=O)O. The normalized spacial score (nSPS) is 18.6. The minimum Gasteiger partial charge on any atom is -0.480 e. The molecule has 1 unspecified atom stereocenters. The van der Waals surface area contributed by atoms with Gasteiger partial charge in [0.25, 0.3) is 0 Å². The lowest BCUT2D eigenvalue weighted by molar-refractivity contribution is -0.142. The molecule has 17 heavy (non-hydrogen) atoms. The molecule has 1 rings (SSSR count). The van der Waals surface area contributed by atoms with Crippen LogP contribution < -0.4 is 5.32 Å². The molecule has 2 N–H and O–H groups in total. The van der Waals surface area contributed by atoms with Gasteiger partial charge in [-0.2, -0.15) is 0 Å². The molecule has 1 saturated heterocycles. The van der Waals surface area contributed by atoms with E-state index in [9.17, 15) is 9.59 Å². The van der Waals surface area contributed by atoms with Gasteiger partial charge >= 0.3 is 5.97 Å². The zero-order chi connectivity index (χ0) is 12.7. The number of ether oxygens (including phenoxy) is 1. The molecule has 0 radical (unpaired) electrons. The lowest BCUT2D eigenvalue weighted by Gasteiger charge is -2.22. The molecule has 1 aliphatic heterocycles. The van der Waals surface area contributed by atoms with E-state index in [1.165, 1.54) is 0 Å². The zero-order valence-electron chi connectivity index (χ0n) is 10.3. The molecule has 1 aliphatic rings. The summed E-state index contributed by atoms with van der Waals surface area (Å²) in [7, 11) is 0. The third kappa shape index (κ3) is 5.17. The van der Waals surface area contributed by atoms with Gasteiger partial charge in [0.1, 0.15) is 6.04 Å². The zero-order valence-corrected chi connectivity index (χ0v) is 10.3. The summed E-state index contributed by atoms with van der Waals surface area (Å²) in [5.41, 5.74) is 0. The molecule has 5 heteroatoms. The minimum atomic E-state index is -0.952. The van der Waals surface area contributed by atoms with Crippen LogP contribution in [0.15, 0.2) is 0 Å². The van der Waals surface area contributed by atoms with E-state index in [0.29, 0.717) is 32.0 Å². The Morgan fingerprint density at radius 1 is 1.41 bits per heavy atom. The summed E-state index contributed by atoms with van der Waals surface area (Å²) in [5, 5.41) is 11.5. The summed E-state index contributed by atoms with van der Waals surface area (Å²) in [5.74, 6) is -0.773. The fraction of sp³-hybridized carbons (Fsp3) is 0.833. The van der Waals surface area contributed by atoms with Gasteiger partial charge in [0.2, 0.25) is 5.91 Å². The summed E-state index contributed by atoms with van der Waals surface area (Å²) in [4.78, 5) is 22.6. The van der Waals surface area contributed by atoms with Crippen molar-refractivity contribution in [3.63, 3.8) is 0 Å². The number of carboxylic acid groups (broad SMARTS) is 1. The average molecular weight is 243 g/mol. The van der Waals surface area contributed by atoms with E-state index in [0.717, 1.165) is 19.3 Å². The van der Waals surface area contributed by atoms with Crippen LogP contribution in [0, 0.1) is 5.92 Å². The Bertz CT molecular complexity index is 261. The summed E-state index contributed by atoms with van der Waals surface area (Å²) < 4.78 is 5.21. The van der Waals surface area contributed by atoms with Crippen LogP contribution in [-0.2, 0) is 14.3 Å². The predicted molar refractivity (Wildman–Crippen MR) is 62.6 cm³/mol.